The van der Waals surface area contributed by atoms with Gasteiger partial charge in [-0.2, -0.15) is 0 Å². The number of benzene rings is 1. The van der Waals surface area contributed by atoms with Crippen LogP contribution in [-0.4, -0.2) is 18.6 Å². The first-order valence-corrected chi connectivity index (χ1v) is 8.28. The van der Waals surface area contributed by atoms with E-state index in [1.165, 1.54) is 0 Å². The molecule has 21 heavy (non-hydrogen) atoms. The van der Waals surface area contributed by atoms with Crippen molar-refractivity contribution in [3.05, 3.63) is 29.6 Å². The van der Waals surface area contributed by atoms with E-state index in [1.807, 2.05) is 12.1 Å². The largest absolute Gasteiger partial charge is 0.366 e. The number of anilines is 1. The highest BCUT2D eigenvalue weighted by atomic mass is 19.1. The SMILES string of the molecule is CCCCN(c1ccc(CNC(C)C)cc1F)C(C)CC. The Morgan fingerprint density at radius 3 is 2.43 bits per heavy atom. The highest BCUT2D eigenvalue weighted by Crippen LogP contribution is 2.24. The van der Waals surface area contributed by atoms with Crippen LogP contribution in [0.5, 0.6) is 0 Å². The van der Waals surface area contributed by atoms with Crippen molar-refractivity contribution < 1.29 is 4.39 Å². The van der Waals surface area contributed by atoms with Crippen LogP contribution >= 0.6 is 0 Å². The van der Waals surface area contributed by atoms with Crippen molar-refractivity contribution >= 4 is 5.69 Å². The second kappa shape index (κ2) is 9.04. The van der Waals surface area contributed by atoms with E-state index in [0.29, 0.717) is 18.6 Å². The quantitative estimate of drug-likeness (QED) is 0.708. The number of rotatable bonds is 9. The lowest BCUT2D eigenvalue weighted by molar-refractivity contribution is 0.559. The number of nitrogens with zero attached hydrogens (tertiary/aromatic N) is 1. The third-order valence-corrected chi connectivity index (χ3v) is 3.91. The normalized spacial score (nSPS) is 12.7. The number of unbranched alkanes of at least 4 members (excludes halogenated alkanes) is 1. The Balaban J connectivity index is 2.88. The van der Waals surface area contributed by atoms with Gasteiger partial charge in [0.1, 0.15) is 5.82 Å². The van der Waals surface area contributed by atoms with Crippen LogP contribution in [-0.2, 0) is 6.54 Å². The molecule has 120 valence electrons. The zero-order chi connectivity index (χ0) is 15.8. The summed E-state index contributed by atoms with van der Waals surface area (Å²) in [5, 5.41) is 3.33. The summed E-state index contributed by atoms with van der Waals surface area (Å²) in [6, 6.07) is 6.43. The van der Waals surface area contributed by atoms with E-state index in [2.05, 4.69) is 44.8 Å². The van der Waals surface area contributed by atoms with Crippen molar-refractivity contribution in [3.8, 4) is 0 Å². The van der Waals surface area contributed by atoms with Gasteiger partial charge in [-0.15, -0.1) is 0 Å². The van der Waals surface area contributed by atoms with Crippen LogP contribution in [0.2, 0.25) is 0 Å². The number of halogens is 1. The fourth-order valence-electron chi connectivity index (χ4n) is 2.34. The zero-order valence-corrected chi connectivity index (χ0v) is 14.2. The Labute approximate surface area is 129 Å². The molecule has 1 aromatic rings. The smallest absolute Gasteiger partial charge is 0.146 e. The van der Waals surface area contributed by atoms with E-state index in [0.717, 1.165) is 37.1 Å². The summed E-state index contributed by atoms with van der Waals surface area (Å²) in [6.07, 6.45) is 3.26. The first kappa shape index (κ1) is 18.0. The number of hydrogen-bond acceptors (Lipinski definition) is 2. The molecule has 0 saturated heterocycles. The lowest BCUT2D eigenvalue weighted by atomic mass is 10.1. The van der Waals surface area contributed by atoms with Gasteiger partial charge in [0.05, 0.1) is 5.69 Å². The minimum absolute atomic E-state index is 0.102. The van der Waals surface area contributed by atoms with Gasteiger partial charge in [-0.3, -0.25) is 0 Å². The molecule has 1 rings (SSSR count). The van der Waals surface area contributed by atoms with Gasteiger partial charge in [0, 0.05) is 25.2 Å². The topological polar surface area (TPSA) is 15.3 Å². The van der Waals surface area contributed by atoms with Crippen molar-refractivity contribution in [1.82, 2.24) is 5.32 Å². The van der Waals surface area contributed by atoms with E-state index in [-0.39, 0.29) is 5.82 Å². The van der Waals surface area contributed by atoms with E-state index in [4.69, 9.17) is 0 Å². The van der Waals surface area contributed by atoms with E-state index < -0.39 is 0 Å². The fraction of sp³-hybridized carbons (Fsp3) is 0.667. The Hall–Kier alpha value is -1.09. The molecule has 0 spiro atoms. The molecule has 3 heteroatoms. The monoisotopic (exact) mass is 294 g/mol. The highest BCUT2D eigenvalue weighted by molar-refractivity contribution is 5.50. The molecule has 1 unspecified atom stereocenters. The van der Waals surface area contributed by atoms with Crippen molar-refractivity contribution in [2.75, 3.05) is 11.4 Å². The van der Waals surface area contributed by atoms with E-state index in [1.54, 1.807) is 6.07 Å². The summed E-state index contributed by atoms with van der Waals surface area (Å²) in [7, 11) is 0. The molecule has 0 aromatic heterocycles. The first-order valence-electron chi connectivity index (χ1n) is 8.28. The molecule has 0 aliphatic rings. The van der Waals surface area contributed by atoms with Crippen molar-refractivity contribution in [3.63, 3.8) is 0 Å². The average molecular weight is 294 g/mol. The van der Waals surface area contributed by atoms with Crippen LogP contribution < -0.4 is 10.2 Å². The van der Waals surface area contributed by atoms with Gasteiger partial charge in [0.2, 0.25) is 0 Å². The van der Waals surface area contributed by atoms with Crippen LogP contribution in [0.4, 0.5) is 10.1 Å². The van der Waals surface area contributed by atoms with E-state index in [9.17, 15) is 4.39 Å². The first-order chi connectivity index (χ1) is 9.99. The third-order valence-electron chi connectivity index (χ3n) is 3.91. The molecule has 1 aromatic carbocycles. The molecule has 0 heterocycles. The molecule has 1 N–H and O–H groups in total. The predicted molar refractivity (Wildman–Crippen MR) is 90.4 cm³/mol. The van der Waals surface area contributed by atoms with Crippen LogP contribution in [0.15, 0.2) is 18.2 Å². The number of nitrogens with one attached hydrogen (secondary N) is 1. The molecule has 0 bridgehead atoms. The molecule has 0 radical (unpaired) electrons. The summed E-state index contributed by atoms with van der Waals surface area (Å²) in [6.45, 7) is 12.3. The summed E-state index contributed by atoms with van der Waals surface area (Å²) in [5.74, 6) is -0.102. The predicted octanol–water partition coefficient (Wildman–Crippen LogP) is 4.73. The van der Waals surface area contributed by atoms with Gasteiger partial charge in [-0.05, 0) is 37.5 Å². The molecule has 2 nitrogen and oxygen atoms in total. The Bertz CT molecular complexity index is 418. The zero-order valence-electron chi connectivity index (χ0n) is 14.2. The molecular weight excluding hydrogens is 263 g/mol. The lowest BCUT2D eigenvalue weighted by Crippen LogP contribution is -2.34. The standard InChI is InChI=1S/C18H31FN2/c1-6-8-11-21(15(5)7-2)18-10-9-16(12-17(18)19)13-20-14(3)4/h9-10,12,14-15,20H,6-8,11,13H2,1-5H3. The van der Waals surface area contributed by atoms with E-state index >= 15 is 0 Å². The summed E-state index contributed by atoms with van der Waals surface area (Å²) in [4.78, 5) is 2.21. The lowest BCUT2D eigenvalue weighted by Gasteiger charge is -2.31. The van der Waals surface area contributed by atoms with Crippen molar-refractivity contribution in [1.29, 1.82) is 0 Å². The number of hydrogen-bond donors (Lipinski definition) is 1. The van der Waals surface area contributed by atoms with Gasteiger partial charge in [-0.1, -0.05) is 40.2 Å². The fourth-order valence-corrected chi connectivity index (χ4v) is 2.34. The third kappa shape index (κ3) is 5.66. The van der Waals surface area contributed by atoms with Crippen LogP contribution in [0.25, 0.3) is 0 Å². The maximum atomic E-state index is 14.5. The summed E-state index contributed by atoms with van der Waals surface area (Å²) >= 11 is 0. The Morgan fingerprint density at radius 1 is 1.19 bits per heavy atom. The maximum Gasteiger partial charge on any atom is 0.146 e. The second-order valence-electron chi connectivity index (χ2n) is 6.13. The maximum absolute atomic E-state index is 14.5. The van der Waals surface area contributed by atoms with Crippen LogP contribution in [0, 0.1) is 5.82 Å². The highest BCUT2D eigenvalue weighted by Gasteiger charge is 2.16. The van der Waals surface area contributed by atoms with Gasteiger partial charge in [0.25, 0.3) is 0 Å². The molecule has 0 aliphatic carbocycles. The van der Waals surface area contributed by atoms with Crippen LogP contribution in [0.1, 0.15) is 59.4 Å². The Morgan fingerprint density at radius 2 is 1.90 bits per heavy atom. The summed E-state index contributed by atoms with van der Waals surface area (Å²) in [5.41, 5.74) is 1.75. The average Bonchev–Trinajstić information content (AvgIpc) is 2.46. The summed E-state index contributed by atoms with van der Waals surface area (Å²) < 4.78 is 14.5. The van der Waals surface area contributed by atoms with Crippen molar-refractivity contribution in [2.24, 2.45) is 0 Å². The van der Waals surface area contributed by atoms with Crippen molar-refractivity contribution in [2.45, 2.75) is 72.5 Å². The molecule has 0 aliphatic heterocycles. The minimum Gasteiger partial charge on any atom is -0.366 e. The van der Waals surface area contributed by atoms with Gasteiger partial charge in [0.15, 0.2) is 0 Å². The molecule has 0 amide bonds. The van der Waals surface area contributed by atoms with Crippen LogP contribution in [0.3, 0.4) is 0 Å². The molecule has 0 fully saturated rings. The van der Waals surface area contributed by atoms with Gasteiger partial charge in [-0.25, -0.2) is 4.39 Å². The van der Waals surface area contributed by atoms with Gasteiger partial charge < -0.3 is 10.2 Å². The second-order valence-corrected chi connectivity index (χ2v) is 6.13. The van der Waals surface area contributed by atoms with Gasteiger partial charge >= 0.3 is 0 Å². The Kier molecular flexibility index (Phi) is 7.73. The molecule has 0 saturated carbocycles. The molecule has 1 atom stereocenters. The molecular formula is C18H31FN2. The minimum atomic E-state index is -0.102.